The second-order valence-electron chi connectivity index (χ2n) is 6.94. The van der Waals surface area contributed by atoms with Crippen molar-refractivity contribution in [2.75, 3.05) is 0 Å². The van der Waals surface area contributed by atoms with Crippen LogP contribution in [0.15, 0.2) is 0 Å². The largest absolute Gasteiger partial charge is 0.481 e. The molecule has 0 aromatic rings. The zero-order valence-corrected chi connectivity index (χ0v) is 13.4. The van der Waals surface area contributed by atoms with Gasteiger partial charge in [-0.25, -0.2) is 0 Å². The molecule has 122 valence electrons. The summed E-state index contributed by atoms with van der Waals surface area (Å²) in [6.07, 6.45) is 18.4. The summed E-state index contributed by atoms with van der Waals surface area (Å²) in [6.45, 7) is 0. The molecule has 0 amide bonds. The van der Waals surface area contributed by atoms with E-state index in [0.717, 1.165) is 18.8 Å². The van der Waals surface area contributed by atoms with Crippen molar-refractivity contribution in [2.45, 2.75) is 102 Å². The minimum Gasteiger partial charge on any atom is -0.481 e. The highest BCUT2D eigenvalue weighted by atomic mass is 16.6. The van der Waals surface area contributed by atoms with Crippen LogP contribution in [0.25, 0.3) is 0 Å². The molecule has 1 saturated heterocycles. The van der Waals surface area contributed by atoms with Crippen LogP contribution in [0.2, 0.25) is 0 Å². The molecular weight excluding hydrogens is 264 g/mol. The molecule has 0 aromatic heterocycles. The number of unbranched alkanes of at least 4 members (excludes halogenated alkanes) is 9. The maximum atomic E-state index is 10.4. The van der Waals surface area contributed by atoms with E-state index >= 15 is 0 Å². The van der Waals surface area contributed by atoms with E-state index in [4.69, 9.17) is 9.84 Å². The number of carboxylic acids is 1. The van der Waals surface area contributed by atoms with E-state index < -0.39 is 5.97 Å². The zero-order chi connectivity index (χ0) is 14.9. The molecule has 3 nitrogen and oxygen atoms in total. The van der Waals surface area contributed by atoms with E-state index in [-0.39, 0.29) is 0 Å². The van der Waals surface area contributed by atoms with Crippen LogP contribution in [0, 0.1) is 5.92 Å². The van der Waals surface area contributed by atoms with Gasteiger partial charge >= 0.3 is 5.97 Å². The molecule has 1 aliphatic carbocycles. The fourth-order valence-corrected chi connectivity index (χ4v) is 3.75. The van der Waals surface area contributed by atoms with Crippen LogP contribution < -0.4 is 0 Å². The van der Waals surface area contributed by atoms with Crippen molar-refractivity contribution in [3.63, 3.8) is 0 Å². The third-order valence-corrected chi connectivity index (χ3v) is 5.12. The van der Waals surface area contributed by atoms with Gasteiger partial charge in [0.15, 0.2) is 0 Å². The standard InChI is InChI=1S/C18H32O3/c19-17(20)12-10-8-6-4-2-1-3-5-7-9-11-15-13-14-16-18(15)21-16/h15-16,18H,1-14H2,(H,19,20)/t15-,16-,18+/m1/s1. The summed E-state index contributed by atoms with van der Waals surface area (Å²) in [4.78, 5) is 10.4. The Hall–Kier alpha value is -0.570. The topological polar surface area (TPSA) is 49.8 Å². The molecule has 2 rings (SSSR count). The number of epoxide rings is 1. The number of hydrogen-bond acceptors (Lipinski definition) is 2. The molecule has 3 heteroatoms. The van der Waals surface area contributed by atoms with Crippen LogP contribution in [0.3, 0.4) is 0 Å². The van der Waals surface area contributed by atoms with Crippen molar-refractivity contribution < 1.29 is 14.6 Å². The summed E-state index contributed by atoms with van der Waals surface area (Å²) in [7, 11) is 0. The van der Waals surface area contributed by atoms with E-state index in [9.17, 15) is 4.79 Å². The Balaban J connectivity index is 1.26. The first-order chi connectivity index (χ1) is 10.3. The number of hydrogen-bond donors (Lipinski definition) is 1. The number of fused-ring (bicyclic) bond motifs is 1. The Morgan fingerprint density at radius 1 is 0.857 bits per heavy atom. The van der Waals surface area contributed by atoms with Gasteiger partial charge in [0, 0.05) is 6.42 Å². The fourth-order valence-electron chi connectivity index (χ4n) is 3.75. The Morgan fingerprint density at radius 3 is 1.90 bits per heavy atom. The van der Waals surface area contributed by atoms with Crippen molar-refractivity contribution in [2.24, 2.45) is 5.92 Å². The van der Waals surface area contributed by atoms with Crippen molar-refractivity contribution >= 4 is 5.97 Å². The van der Waals surface area contributed by atoms with Crippen LogP contribution >= 0.6 is 0 Å². The first-order valence-electron chi connectivity index (χ1n) is 9.14. The molecule has 3 atom stereocenters. The Bertz CT molecular complexity index is 303. The first-order valence-corrected chi connectivity index (χ1v) is 9.14. The lowest BCUT2D eigenvalue weighted by atomic mass is 9.98. The lowest BCUT2D eigenvalue weighted by Crippen LogP contribution is -2.03. The second kappa shape index (κ2) is 9.45. The average Bonchev–Trinajstić information content (AvgIpc) is 3.14. The summed E-state index contributed by atoms with van der Waals surface area (Å²) in [5.74, 6) is 0.233. The predicted molar refractivity (Wildman–Crippen MR) is 84.4 cm³/mol. The van der Waals surface area contributed by atoms with E-state index in [1.165, 1.54) is 70.6 Å². The molecule has 21 heavy (non-hydrogen) atoms. The van der Waals surface area contributed by atoms with Gasteiger partial charge in [-0.15, -0.1) is 0 Å². The summed E-state index contributed by atoms with van der Waals surface area (Å²) >= 11 is 0. The maximum absolute atomic E-state index is 10.4. The molecule has 2 aliphatic rings. The normalized spacial score (nSPS) is 26.8. The quantitative estimate of drug-likeness (QED) is 0.387. The molecule has 1 heterocycles. The number of rotatable bonds is 13. The fraction of sp³-hybridized carbons (Fsp3) is 0.944. The van der Waals surface area contributed by atoms with Gasteiger partial charge in [-0.05, 0) is 31.6 Å². The van der Waals surface area contributed by atoms with Crippen molar-refractivity contribution in [3.05, 3.63) is 0 Å². The van der Waals surface area contributed by atoms with E-state index in [1.807, 2.05) is 0 Å². The van der Waals surface area contributed by atoms with E-state index in [0.29, 0.717) is 18.6 Å². The van der Waals surface area contributed by atoms with Crippen LogP contribution in [-0.2, 0) is 9.53 Å². The van der Waals surface area contributed by atoms with Gasteiger partial charge in [0.1, 0.15) is 0 Å². The second-order valence-corrected chi connectivity index (χ2v) is 6.94. The van der Waals surface area contributed by atoms with Crippen molar-refractivity contribution in [1.29, 1.82) is 0 Å². The van der Waals surface area contributed by atoms with Gasteiger partial charge in [0.05, 0.1) is 12.2 Å². The molecule has 0 spiro atoms. The minimum absolute atomic E-state index is 0.341. The molecule has 0 aromatic carbocycles. The third kappa shape index (κ3) is 6.82. The summed E-state index contributed by atoms with van der Waals surface area (Å²) < 4.78 is 5.60. The number of aliphatic carboxylic acids is 1. The monoisotopic (exact) mass is 296 g/mol. The number of ether oxygens (including phenoxy) is 1. The molecule has 0 unspecified atom stereocenters. The van der Waals surface area contributed by atoms with Crippen LogP contribution in [0.5, 0.6) is 0 Å². The van der Waals surface area contributed by atoms with E-state index in [2.05, 4.69) is 0 Å². The molecule has 2 fully saturated rings. The summed E-state index contributed by atoms with van der Waals surface area (Å²) in [6, 6.07) is 0. The molecular formula is C18H32O3. The SMILES string of the molecule is O=C(O)CCCCCCCCCCCC[C@@H]1CC[C@H]2O[C@@H]12. The van der Waals surface area contributed by atoms with Crippen molar-refractivity contribution in [1.82, 2.24) is 0 Å². The highest BCUT2D eigenvalue weighted by molar-refractivity contribution is 5.66. The average molecular weight is 296 g/mol. The molecule has 1 N–H and O–H groups in total. The highest BCUT2D eigenvalue weighted by Crippen LogP contribution is 2.45. The zero-order valence-electron chi connectivity index (χ0n) is 13.4. The number of carboxylic acid groups (broad SMARTS) is 1. The van der Waals surface area contributed by atoms with Gasteiger partial charge in [-0.1, -0.05) is 57.8 Å². The lowest BCUT2D eigenvalue weighted by molar-refractivity contribution is -0.137. The smallest absolute Gasteiger partial charge is 0.303 e. The van der Waals surface area contributed by atoms with Crippen LogP contribution in [0.1, 0.15) is 89.9 Å². The van der Waals surface area contributed by atoms with E-state index in [1.54, 1.807) is 0 Å². The molecule has 0 radical (unpaired) electrons. The molecule has 0 bridgehead atoms. The van der Waals surface area contributed by atoms with Gasteiger partial charge in [0.2, 0.25) is 0 Å². The Labute approximate surface area is 129 Å². The predicted octanol–water partition coefficient (Wildman–Crippen LogP) is 4.93. The maximum Gasteiger partial charge on any atom is 0.303 e. The van der Waals surface area contributed by atoms with Gasteiger partial charge < -0.3 is 9.84 Å². The first kappa shape index (κ1) is 16.8. The van der Waals surface area contributed by atoms with Gasteiger partial charge in [0.25, 0.3) is 0 Å². The Kier molecular flexibility index (Phi) is 7.56. The minimum atomic E-state index is -0.656. The summed E-state index contributed by atoms with van der Waals surface area (Å²) in [5.41, 5.74) is 0. The molecule has 1 aliphatic heterocycles. The molecule has 1 saturated carbocycles. The number of carbonyl (C=O) groups is 1. The van der Waals surface area contributed by atoms with Crippen LogP contribution in [-0.4, -0.2) is 23.3 Å². The summed E-state index contributed by atoms with van der Waals surface area (Å²) in [5, 5.41) is 8.54. The van der Waals surface area contributed by atoms with Gasteiger partial charge in [-0.3, -0.25) is 4.79 Å². The van der Waals surface area contributed by atoms with Crippen molar-refractivity contribution in [3.8, 4) is 0 Å². The van der Waals surface area contributed by atoms with Crippen LogP contribution in [0.4, 0.5) is 0 Å². The lowest BCUT2D eigenvalue weighted by Gasteiger charge is -2.09. The highest BCUT2D eigenvalue weighted by Gasteiger charge is 2.49. The Morgan fingerprint density at radius 2 is 1.43 bits per heavy atom. The van der Waals surface area contributed by atoms with Gasteiger partial charge in [-0.2, -0.15) is 0 Å². The third-order valence-electron chi connectivity index (χ3n) is 5.12.